The molecule has 1 heterocycles. The summed E-state index contributed by atoms with van der Waals surface area (Å²) in [4.78, 5) is 15.8. The maximum atomic E-state index is 12.1. The number of hydrogen-bond donors (Lipinski definition) is 1. The standard InChI is InChI=1S/C14H13ClN2O4S2/c1-22(19)9-10-3-2-4-11(7-10)14(18)17-23(20,21)13-6-5-12(15)8-16-13/h2-8H,9H2,1H3,(H,17,18). The van der Waals surface area contributed by atoms with E-state index in [0.717, 1.165) is 0 Å². The normalized spacial score (nSPS) is 12.6. The highest BCUT2D eigenvalue weighted by molar-refractivity contribution is 7.90. The van der Waals surface area contributed by atoms with Gasteiger partial charge in [0.25, 0.3) is 15.9 Å². The summed E-state index contributed by atoms with van der Waals surface area (Å²) in [6.07, 6.45) is 2.72. The number of nitrogens with one attached hydrogen (secondary N) is 1. The van der Waals surface area contributed by atoms with Gasteiger partial charge in [-0.2, -0.15) is 8.42 Å². The van der Waals surface area contributed by atoms with Crippen molar-refractivity contribution < 1.29 is 17.4 Å². The molecule has 0 saturated heterocycles. The first kappa shape index (κ1) is 17.6. The molecule has 0 fully saturated rings. The lowest BCUT2D eigenvalue weighted by atomic mass is 10.1. The molecule has 1 aromatic carbocycles. The van der Waals surface area contributed by atoms with Gasteiger partial charge in [-0.25, -0.2) is 9.71 Å². The van der Waals surface area contributed by atoms with Crippen molar-refractivity contribution in [3.8, 4) is 0 Å². The SMILES string of the molecule is CS(=O)Cc1cccc(C(=O)NS(=O)(=O)c2ccc(Cl)cn2)c1. The van der Waals surface area contributed by atoms with Crippen LogP contribution < -0.4 is 4.72 Å². The molecule has 2 rings (SSSR count). The summed E-state index contributed by atoms with van der Waals surface area (Å²) in [5.41, 5.74) is 0.839. The van der Waals surface area contributed by atoms with Crippen molar-refractivity contribution in [2.24, 2.45) is 0 Å². The fourth-order valence-electron chi connectivity index (χ4n) is 1.79. The van der Waals surface area contributed by atoms with Gasteiger partial charge in [-0.05, 0) is 29.8 Å². The van der Waals surface area contributed by atoms with E-state index in [4.69, 9.17) is 11.6 Å². The van der Waals surface area contributed by atoms with Gasteiger partial charge in [-0.3, -0.25) is 9.00 Å². The van der Waals surface area contributed by atoms with Crippen LogP contribution in [0.1, 0.15) is 15.9 Å². The molecule has 0 radical (unpaired) electrons. The second-order valence-electron chi connectivity index (χ2n) is 4.67. The smallest absolute Gasteiger partial charge is 0.268 e. The highest BCUT2D eigenvalue weighted by atomic mass is 35.5. The van der Waals surface area contributed by atoms with Crippen LogP contribution in [0.3, 0.4) is 0 Å². The van der Waals surface area contributed by atoms with Gasteiger partial charge in [0.1, 0.15) is 0 Å². The Hall–Kier alpha value is -1.77. The Bertz CT molecular complexity index is 851. The van der Waals surface area contributed by atoms with Crippen molar-refractivity contribution in [2.75, 3.05) is 6.26 Å². The Morgan fingerprint density at radius 2 is 2.04 bits per heavy atom. The van der Waals surface area contributed by atoms with Crippen LogP contribution in [-0.4, -0.2) is 29.8 Å². The Kier molecular flexibility index (Phi) is 5.51. The third-order valence-corrected chi connectivity index (χ3v) is 4.97. The molecule has 0 aliphatic carbocycles. The van der Waals surface area contributed by atoms with Crippen LogP contribution in [0.15, 0.2) is 47.6 Å². The molecule has 122 valence electrons. The van der Waals surface area contributed by atoms with Crippen molar-refractivity contribution in [1.82, 2.24) is 9.71 Å². The number of carbonyl (C=O) groups is 1. The molecule has 23 heavy (non-hydrogen) atoms. The van der Waals surface area contributed by atoms with Crippen molar-refractivity contribution in [3.05, 3.63) is 58.7 Å². The monoisotopic (exact) mass is 372 g/mol. The van der Waals surface area contributed by atoms with Crippen LogP contribution in [0.4, 0.5) is 0 Å². The molecule has 0 aliphatic rings. The summed E-state index contributed by atoms with van der Waals surface area (Å²) >= 11 is 5.65. The number of rotatable bonds is 5. The highest BCUT2D eigenvalue weighted by Crippen LogP contribution is 2.12. The predicted octanol–water partition coefficient (Wildman–Crippen LogP) is 1.73. The molecule has 1 unspecified atom stereocenters. The van der Waals surface area contributed by atoms with Gasteiger partial charge in [-0.15, -0.1) is 0 Å². The number of sulfonamides is 1. The van der Waals surface area contributed by atoms with Crippen molar-refractivity contribution in [2.45, 2.75) is 10.8 Å². The number of aromatic nitrogens is 1. The van der Waals surface area contributed by atoms with Gasteiger partial charge in [0, 0.05) is 34.6 Å². The van der Waals surface area contributed by atoms with E-state index in [9.17, 15) is 17.4 Å². The molecule has 1 amide bonds. The average Bonchev–Trinajstić information content (AvgIpc) is 2.47. The molecule has 1 N–H and O–H groups in total. The molecule has 1 atom stereocenters. The minimum Gasteiger partial charge on any atom is -0.268 e. The molecule has 0 bridgehead atoms. The Morgan fingerprint density at radius 1 is 1.30 bits per heavy atom. The number of amides is 1. The summed E-state index contributed by atoms with van der Waals surface area (Å²) in [5.74, 6) is -0.502. The highest BCUT2D eigenvalue weighted by Gasteiger charge is 2.20. The number of hydrogen-bond acceptors (Lipinski definition) is 5. The Balaban J connectivity index is 2.21. The van der Waals surface area contributed by atoms with Gasteiger partial charge in [0.15, 0.2) is 5.03 Å². The zero-order valence-electron chi connectivity index (χ0n) is 12.0. The van der Waals surface area contributed by atoms with Gasteiger partial charge in [0.05, 0.1) is 5.02 Å². The van der Waals surface area contributed by atoms with Crippen molar-refractivity contribution in [1.29, 1.82) is 0 Å². The number of halogens is 1. The lowest BCUT2D eigenvalue weighted by Crippen LogP contribution is -2.31. The van der Waals surface area contributed by atoms with E-state index < -0.39 is 26.7 Å². The second-order valence-corrected chi connectivity index (χ2v) is 8.17. The first-order chi connectivity index (χ1) is 10.8. The van der Waals surface area contributed by atoms with Crippen LogP contribution >= 0.6 is 11.6 Å². The van der Waals surface area contributed by atoms with E-state index in [1.165, 1.54) is 30.5 Å². The number of benzene rings is 1. The van der Waals surface area contributed by atoms with Crippen molar-refractivity contribution in [3.63, 3.8) is 0 Å². The topological polar surface area (TPSA) is 93.2 Å². The summed E-state index contributed by atoms with van der Waals surface area (Å²) in [6, 6.07) is 8.86. The summed E-state index contributed by atoms with van der Waals surface area (Å²) in [6.45, 7) is 0. The molecule has 9 heteroatoms. The minimum atomic E-state index is -4.09. The molecular weight excluding hydrogens is 360 g/mol. The largest absolute Gasteiger partial charge is 0.281 e. The number of nitrogens with zero attached hydrogens (tertiary/aromatic N) is 1. The summed E-state index contributed by atoms with van der Waals surface area (Å²) in [5, 5.41) is -0.0170. The fraction of sp³-hybridized carbons (Fsp3) is 0.143. The zero-order chi connectivity index (χ0) is 17.0. The minimum absolute atomic E-state index is 0.158. The van der Waals surface area contributed by atoms with Crippen LogP contribution in [0.25, 0.3) is 0 Å². The number of pyridine rings is 1. The van der Waals surface area contributed by atoms with Crippen LogP contribution in [0.5, 0.6) is 0 Å². The molecule has 1 aromatic heterocycles. The molecule has 0 saturated carbocycles. The summed E-state index contributed by atoms with van der Waals surface area (Å²) in [7, 11) is -5.15. The van der Waals surface area contributed by atoms with Crippen LogP contribution in [-0.2, 0) is 26.6 Å². The van der Waals surface area contributed by atoms with E-state index in [-0.39, 0.29) is 21.4 Å². The predicted molar refractivity (Wildman–Crippen MR) is 88.1 cm³/mol. The van der Waals surface area contributed by atoms with Crippen LogP contribution in [0.2, 0.25) is 5.02 Å². The molecular formula is C14H13ClN2O4S2. The quantitative estimate of drug-likeness (QED) is 0.862. The lowest BCUT2D eigenvalue weighted by molar-refractivity contribution is 0.0981. The Morgan fingerprint density at radius 3 is 2.65 bits per heavy atom. The lowest BCUT2D eigenvalue weighted by Gasteiger charge is -2.07. The Labute approximate surface area is 141 Å². The van der Waals surface area contributed by atoms with E-state index >= 15 is 0 Å². The van der Waals surface area contributed by atoms with E-state index in [2.05, 4.69) is 4.98 Å². The zero-order valence-corrected chi connectivity index (χ0v) is 14.4. The maximum Gasteiger partial charge on any atom is 0.281 e. The fourth-order valence-corrected chi connectivity index (χ4v) is 3.46. The average molecular weight is 373 g/mol. The molecule has 0 spiro atoms. The second kappa shape index (κ2) is 7.20. The molecule has 2 aromatic rings. The van der Waals surface area contributed by atoms with Gasteiger partial charge < -0.3 is 0 Å². The third kappa shape index (κ3) is 4.85. The van der Waals surface area contributed by atoms with Crippen molar-refractivity contribution >= 4 is 38.3 Å². The van der Waals surface area contributed by atoms with Gasteiger partial charge in [-0.1, -0.05) is 23.7 Å². The summed E-state index contributed by atoms with van der Waals surface area (Å²) < 4.78 is 37.4. The molecule has 6 nitrogen and oxygen atoms in total. The molecule has 0 aliphatic heterocycles. The third-order valence-electron chi connectivity index (χ3n) is 2.76. The van der Waals surface area contributed by atoms with Crippen LogP contribution in [0, 0.1) is 0 Å². The first-order valence-electron chi connectivity index (χ1n) is 6.35. The van der Waals surface area contributed by atoms with E-state index in [1.54, 1.807) is 18.4 Å². The number of carbonyl (C=O) groups excluding carboxylic acids is 1. The van der Waals surface area contributed by atoms with Gasteiger partial charge >= 0.3 is 0 Å². The van der Waals surface area contributed by atoms with E-state index in [1.807, 2.05) is 4.72 Å². The first-order valence-corrected chi connectivity index (χ1v) is 9.94. The maximum absolute atomic E-state index is 12.1. The van der Waals surface area contributed by atoms with Gasteiger partial charge in [0.2, 0.25) is 0 Å². The van der Waals surface area contributed by atoms with E-state index in [0.29, 0.717) is 5.56 Å².